The third kappa shape index (κ3) is 0.984. The second kappa shape index (κ2) is 2.60. The van der Waals surface area contributed by atoms with E-state index in [1.165, 1.54) is 24.8 Å². The van der Waals surface area contributed by atoms with Gasteiger partial charge in [0.1, 0.15) is 22.2 Å². The first-order valence-corrected chi connectivity index (χ1v) is 4.12. The van der Waals surface area contributed by atoms with Crippen molar-refractivity contribution >= 4 is 28.3 Å². The van der Waals surface area contributed by atoms with E-state index in [1.807, 2.05) is 0 Å². The van der Waals surface area contributed by atoms with E-state index >= 15 is 0 Å². The zero-order valence-corrected chi connectivity index (χ0v) is 7.13. The molecular weight excluding hydrogens is 174 g/mol. The van der Waals surface area contributed by atoms with Crippen LogP contribution in [-0.2, 0) is 0 Å². The van der Waals surface area contributed by atoms with Gasteiger partial charge in [0.25, 0.3) is 0 Å². The lowest BCUT2D eigenvalue weighted by atomic mass is 10.3. The summed E-state index contributed by atoms with van der Waals surface area (Å²) in [6.45, 7) is 1.51. The maximum absolute atomic E-state index is 11.0. The molecular formula is C7H5N3OS. The number of carbonyl (C=O) groups excluding carboxylic acids is 1. The van der Waals surface area contributed by atoms with Gasteiger partial charge in [-0.3, -0.25) is 4.79 Å². The molecule has 0 aromatic carbocycles. The SMILES string of the molecule is CC(=O)c1snc2cncnc12. The molecule has 0 radical (unpaired) electrons. The van der Waals surface area contributed by atoms with Crippen LogP contribution in [0.15, 0.2) is 12.5 Å². The predicted molar refractivity (Wildman–Crippen MR) is 45.2 cm³/mol. The van der Waals surface area contributed by atoms with Gasteiger partial charge in [-0.15, -0.1) is 0 Å². The number of aromatic nitrogens is 3. The van der Waals surface area contributed by atoms with Gasteiger partial charge >= 0.3 is 0 Å². The minimum Gasteiger partial charge on any atom is -0.293 e. The van der Waals surface area contributed by atoms with E-state index in [0.29, 0.717) is 15.9 Å². The van der Waals surface area contributed by atoms with Crippen LogP contribution in [0.4, 0.5) is 0 Å². The quantitative estimate of drug-likeness (QED) is 0.619. The fraction of sp³-hybridized carbons (Fsp3) is 0.143. The number of carbonyl (C=O) groups is 1. The molecule has 0 atom stereocenters. The number of hydrogen-bond acceptors (Lipinski definition) is 5. The van der Waals surface area contributed by atoms with E-state index in [-0.39, 0.29) is 5.78 Å². The summed E-state index contributed by atoms with van der Waals surface area (Å²) in [6.07, 6.45) is 3.02. The molecule has 2 rings (SSSR count). The summed E-state index contributed by atoms with van der Waals surface area (Å²) < 4.78 is 4.04. The molecule has 0 saturated heterocycles. The van der Waals surface area contributed by atoms with Crippen LogP contribution in [0.2, 0.25) is 0 Å². The van der Waals surface area contributed by atoms with Crippen molar-refractivity contribution in [1.29, 1.82) is 0 Å². The highest BCUT2D eigenvalue weighted by Crippen LogP contribution is 2.18. The molecule has 2 heterocycles. The zero-order chi connectivity index (χ0) is 8.55. The van der Waals surface area contributed by atoms with Gasteiger partial charge in [-0.25, -0.2) is 9.97 Å². The molecule has 0 amide bonds. The summed E-state index contributed by atoms with van der Waals surface area (Å²) in [5, 5.41) is 0. The third-order valence-corrected chi connectivity index (χ3v) is 2.41. The Labute approximate surface area is 72.4 Å². The van der Waals surface area contributed by atoms with Crippen molar-refractivity contribution in [3.63, 3.8) is 0 Å². The number of hydrogen-bond donors (Lipinski definition) is 0. The molecule has 0 aliphatic carbocycles. The molecule has 0 spiro atoms. The molecule has 60 valence electrons. The zero-order valence-electron chi connectivity index (χ0n) is 6.31. The minimum atomic E-state index is 0.00111. The Morgan fingerprint density at radius 2 is 2.42 bits per heavy atom. The van der Waals surface area contributed by atoms with E-state index in [1.54, 1.807) is 6.20 Å². The number of fused-ring (bicyclic) bond motifs is 1. The molecule has 0 fully saturated rings. The van der Waals surface area contributed by atoms with E-state index in [2.05, 4.69) is 14.3 Å². The summed E-state index contributed by atoms with van der Waals surface area (Å²) in [7, 11) is 0. The Bertz CT molecular complexity index is 437. The second-order valence-corrected chi connectivity index (χ2v) is 3.10. The maximum atomic E-state index is 11.0. The topological polar surface area (TPSA) is 55.7 Å². The molecule has 0 saturated carbocycles. The largest absolute Gasteiger partial charge is 0.293 e. The van der Waals surface area contributed by atoms with Crippen molar-refractivity contribution in [1.82, 2.24) is 14.3 Å². The summed E-state index contributed by atoms with van der Waals surface area (Å²) in [5.74, 6) is 0.00111. The van der Waals surface area contributed by atoms with Gasteiger partial charge in [0.2, 0.25) is 0 Å². The van der Waals surface area contributed by atoms with Crippen molar-refractivity contribution in [2.75, 3.05) is 0 Å². The molecule has 0 aliphatic rings. The number of nitrogens with zero attached hydrogens (tertiary/aromatic N) is 3. The van der Waals surface area contributed by atoms with Crippen LogP contribution in [0, 0.1) is 0 Å². The Morgan fingerprint density at radius 1 is 1.58 bits per heavy atom. The average molecular weight is 179 g/mol. The van der Waals surface area contributed by atoms with Crippen LogP contribution < -0.4 is 0 Å². The van der Waals surface area contributed by atoms with Crippen molar-refractivity contribution in [3.8, 4) is 0 Å². The first kappa shape index (κ1) is 7.30. The van der Waals surface area contributed by atoms with Crippen molar-refractivity contribution < 1.29 is 4.79 Å². The summed E-state index contributed by atoms with van der Waals surface area (Å²) >= 11 is 1.17. The van der Waals surface area contributed by atoms with Crippen LogP contribution in [-0.4, -0.2) is 20.1 Å². The Balaban J connectivity index is 2.79. The third-order valence-electron chi connectivity index (χ3n) is 1.46. The van der Waals surface area contributed by atoms with E-state index < -0.39 is 0 Å². The summed E-state index contributed by atoms with van der Waals surface area (Å²) in [5.41, 5.74) is 1.34. The Morgan fingerprint density at radius 3 is 3.17 bits per heavy atom. The van der Waals surface area contributed by atoms with Gasteiger partial charge in [0.05, 0.1) is 6.20 Å². The molecule has 4 nitrogen and oxygen atoms in total. The lowest BCUT2D eigenvalue weighted by Gasteiger charge is -1.87. The van der Waals surface area contributed by atoms with E-state index in [9.17, 15) is 4.79 Å². The first-order valence-electron chi connectivity index (χ1n) is 3.35. The molecule has 0 bridgehead atoms. The van der Waals surface area contributed by atoms with Gasteiger partial charge in [-0.05, 0) is 11.5 Å². The standard InChI is InChI=1S/C7H5N3OS/c1-4(11)7-6-5(10-12-7)2-8-3-9-6/h2-3H,1H3. The van der Waals surface area contributed by atoms with Gasteiger partial charge in [0, 0.05) is 6.92 Å². The molecule has 0 N–H and O–H groups in total. The van der Waals surface area contributed by atoms with Crippen LogP contribution in [0.25, 0.3) is 11.0 Å². The van der Waals surface area contributed by atoms with Crippen LogP contribution >= 0.6 is 11.5 Å². The molecule has 2 aromatic rings. The van der Waals surface area contributed by atoms with E-state index in [0.717, 1.165) is 0 Å². The van der Waals surface area contributed by atoms with Crippen molar-refractivity contribution in [2.24, 2.45) is 0 Å². The number of rotatable bonds is 1. The highest BCUT2D eigenvalue weighted by Gasteiger charge is 2.10. The van der Waals surface area contributed by atoms with Gasteiger partial charge in [-0.1, -0.05) is 0 Å². The fourth-order valence-electron chi connectivity index (χ4n) is 0.933. The van der Waals surface area contributed by atoms with Gasteiger partial charge in [-0.2, -0.15) is 4.37 Å². The predicted octanol–water partition coefficient (Wildman–Crippen LogP) is 1.29. The monoisotopic (exact) mass is 179 g/mol. The van der Waals surface area contributed by atoms with Gasteiger partial charge < -0.3 is 0 Å². The van der Waals surface area contributed by atoms with Crippen LogP contribution in [0.3, 0.4) is 0 Å². The minimum absolute atomic E-state index is 0.00111. The lowest BCUT2D eigenvalue weighted by Crippen LogP contribution is -1.88. The highest BCUT2D eigenvalue weighted by molar-refractivity contribution is 7.09. The van der Waals surface area contributed by atoms with Gasteiger partial charge in [0.15, 0.2) is 5.78 Å². The summed E-state index contributed by atoms with van der Waals surface area (Å²) in [6, 6.07) is 0. The summed E-state index contributed by atoms with van der Waals surface area (Å²) in [4.78, 5) is 19.4. The number of Topliss-reactive ketones (excluding diaryl/α,β-unsaturated/α-hetero) is 1. The number of ketones is 1. The molecule has 2 aromatic heterocycles. The fourth-order valence-corrected chi connectivity index (χ4v) is 1.63. The van der Waals surface area contributed by atoms with Crippen LogP contribution in [0.1, 0.15) is 16.6 Å². The molecule has 12 heavy (non-hydrogen) atoms. The van der Waals surface area contributed by atoms with Crippen LogP contribution in [0.5, 0.6) is 0 Å². The molecule has 0 unspecified atom stereocenters. The van der Waals surface area contributed by atoms with E-state index in [4.69, 9.17) is 0 Å². The maximum Gasteiger partial charge on any atom is 0.173 e. The Hall–Kier alpha value is -1.36. The normalized spacial score (nSPS) is 10.4. The first-order chi connectivity index (χ1) is 5.79. The molecule has 0 aliphatic heterocycles. The average Bonchev–Trinajstić information content (AvgIpc) is 2.47. The second-order valence-electron chi connectivity index (χ2n) is 2.32. The van der Waals surface area contributed by atoms with Crippen molar-refractivity contribution in [3.05, 3.63) is 17.4 Å². The Kier molecular flexibility index (Phi) is 1.58. The smallest absolute Gasteiger partial charge is 0.173 e. The lowest BCUT2D eigenvalue weighted by molar-refractivity contribution is 0.102. The highest BCUT2D eigenvalue weighted by atomic mass is 32.1. The van der Waals surface area contributed by atoms with Crippen molar-refractivity contribution in [2.45, 2.75) is 6.92 Å². The molecule has 5 heteroatoms.